The minimum atomic E-state index is -4.43. The molecule has 31 heavy (non-hydrogen) atoms. The first kappa shape index (κ1) is 22.1. The molecule has 2 aromatic carbocycles. The summed E-state index contributed by atoms with van der Waals surface area (Å²) < 4.78 is 44.0. The second-order valence-corrected chi connectivity index (χ2v) is 7.66. The molecule has 2 N–H and O–H groups in total. The number of carbonyl (C=O) groups is 2. The molecule has 0 saturated carbocycles. The van der Waals surface area contributed by atoms with Gasteiger partial charge in [0.25, 0.3) is 11.8 Å². The molecule has 0 radical (unpaired) electrons. The largest absolute Gasteiger partial charge is 0.459 e. The fourth-order valence-electron chi connectivity index (χ4n) is 2.96. The van der Waals surface area contributed by atoms with E-state index in [1.165, 1.54) is 24.5 Å². The Hall–Kier alpha value is -3.55. The molecule has 0 spiro atoms. The Morgan fingerprint density at radius 3 is 2.29 bits per heavy atom. The van der Waals surface area contributed by atoms with Crippen LogP contribution in [0.4, 0.5) is 18.9 Å². The molecule has 162 valence electrons. The number of anilines is 1. The molecular formula is C23H21F3N2O3. The third-order valence-corrected chi connectivity index (χ3v) is 4.79. The molecule has 0 saturated heterocycles. The maximum atomic E-state index is 13.0. The zero-order chi connectivity index (χ0) is 22.6. The number of benzene rings is 2. The second kappa shape index (κ2) is 8.67. The van der Waals surface area contributed by atoms with Crippen molar-refractivity contribution in [2.24, 2.45) is 0 Å². The van der Waals surface area contributed by atoms with Crippen molar-refractivity contribution in [3.05, 3.63) is 89.4 Å². The van der Waals surface area contributed by atoms with E-state index < -0.39 is 29.0 Å². The SMILES string of the molecule is CC(C)(CNC(=O)c1cccc(NC(=O)c2ccco2)c1)c1cccc(C(F)(F)F)c1. The lowest BCUT2D eigenvalue weighted by Crippen LogP contribution is -2.36. The summed E-state index contributed by atoms with van der Waals surface area (Å²) in [6.45, 7) is 3.63. The number of halogens is 3. The summed E-state index contributed by atoms with van der Waals surface area (Å²) in [4.78, 5) is 24.7. The summed E-state index contributed by atoms with van der Waals surface area (Å²) in [7, 11) is 0. The number of hydrogen-bond donors (Lipinski definition) is 2. The Bertz CT molecular complexity index is 1070. The molecule has 0 aliphatic carbocycles. The van der Waals surface area contributed by atoms with Crippen LogP contribution in [0.1, 0.15) is 45.9 Å². The topological polar surface area (TPSA) is 71.3 Å². The molecule has 5 nitrogen and oxygen atoms in total. The van der Waals surface area contributed by atoms with Crippen molar-refractivity contribution in [3.8, 4) is 0 Å². The average Bonchev–Trinajstić information content (AvgIpc) is 3.27. The van der Waals surface area contributed by atoms with E-state index in [4.69, 9.17) is 4.42 Å². The van der Waals surface area contributed by atoms with Crippen LogP contribution in [-0.4, -0.2) is 18.4 Å². The van der Waals surface area contributed by atoms with Gasteiger partial charge in [0.15, 0.2) is 5.76 Å². The molecule has 1 aromatic heterocycles. The Balaban J connectivity index is 1.67. The van der Waals surface area contributed by atoms with Gasteiger partial charge in [-0.1, -0.05) is 38.1 Å². The maximum Gasteiger partial charge on any atom is 0.416 e. The molecule has 3 aromatic rings. The first-order chi connectivity index (χ1) is 14.6. The van der Waals surface area contributed by atoms with Gasteiger partial charge in [0.2, 0.25) is 0 Å². The third kappa shape index (κ3) is 5.53. The number of rotatable bonds is 6. The van der Waals surface area contributed by atoms with Crippen LogP contribution in [0.2, 0.25) is 0 Å². The Kier molecular flexibility index (Phi) is 6.19. The van der Waals surface area contributed by atoms with E-state index in [9.17, 15) is 22.8 Å². The molecule has 0 fully saturated rings. The number of hydrogen-bond acceptors (Lipinski definition) is 3. The lowest BCUT2D eigenvalue weighted by atomic mass is 9.83. The molecular weight excluding hydrogens is 409 g/mol. The fraction of sp³-hybridized carbons (Fsp3) is 0.217. The van der Waals surface area contributed by atoms with Gasteiger partial charge < -0.3 is 15.1 Å². The molecule has 0 aliphatic heterocycles. The van der Waals surface area contributed by atoms with Crippen molar-refractivity contribution in [3.63, 3.8) is 0 Å². The zero-order valence-electron chi connectivity index (χ0n) is 16.9. The standard InChI is InChI=1S/C23H21F3N2O3/c1-22(2,16-7-4-8-17(13-16)23(24,25)26)14-27-20(29)15-6-3-9-18(12-15)28-21(30)19-10-5-11-31-19/h3-13H,14H2,1-2H3,(H,27,29)(H,28,30). The van der Waals surface area contributed by atoms with Crippen LogP contribution >= 0.6 is 0 Å². The lowest BCUT2D eigenvalue weighted by molar-refractivity contribution is -0.137. The number of furan rings is 1. The van der Waals surface area contributed by atoms with Crippen molar-refractivity contribution >= 4 is 17.5 Å². The van der Waals surface area contributed by atoms with Gasteiger partial charge in [0.1, 0.15) is 0 Å². The third-order valence-electron chi connectivity index (χ3n) is 4.79. The van der Waals surface area contributed by atoms with Gasteiger partial charge in [-0.2, -0.15) is 13.2 Å². The van der Waals surface area contributed by atoms with Crippen molar-refractivity contribution in [1.82, 2.24) is 5.32 Å². The first-order valence-corrected chi connectivity index (χ1v) is 9.47. The van der Waals surface area contributed by atoms with Crippen molar-refractivity contribution in [1.29, 1.82) is 0 Å². The van der Waals surface area contributed by atoms with Gasteiger partial charge in [-0.3, -0.25) is 9.59 Å². The van der Waals surface area contributed by atoms with Gasteiger partial charge in [0.05, 0.1) is 11.8 Å². The zero-order valence-corrected chi connectivity index (χ0v) is 16.9. The van der Waals surface area contributed by atoms with Gasteiger partial charge in [-0.15, -0.1) is 0 Å². The summed E-state index contributed by atoms with van der Waals surface area (Å²) in [6.07, 6.45) is -3.05. The Morgan fingerprint density at radius 2 is 1.61 bits per heavy atom. The number of carbonyl (C=O) groups excluding carboxylic acids is 2. The van der Waals surface area contributed by atoms with Gasteiger partial charge >= 0.3 is 6.18 Å². The van der Waals surface area contributed by atoms with Gasteiger partial charge in [0, 0.05) is 23.2 Å². The Morgan fingerprint density at radius 1 is 0.903 bits per heavy atom. The summed E-state index contributed by atoms with van der Waals surface area (Å²) >= 11 is 0. The van der Waals surface area contributed by atoms with Crippen LogP contribution < -0.4 is 10.6 Å². The highest BCUT2D eigenvalue weighted by atomic mass is 19.4. The molecule has 0 bridgehead atoms. The molecule has 8 heteroatoms. The predicted octanol–water partition coefficient (Wildman–Crippen LogP) is 5.26. The van der Waals surface area contributed by atoms with E-state index in [1.54, 1.807) is 44.2 Å². The molecule has 0 unspecified atom stereocenters. The highest BCUT2D eigenvalue weighted by molar-refractivity contribution is 6.03. The van der Waals surface area contributed by atoms with Crippen LogP contribution in [0.25, 0.3) is 0 Å². The van der Waals surface area contributed by atoms with Crippen LogP contribution in [0.15, 0.2) is 71.3 Å². The van der Waals surface area contributed by atoms with E-state index in [0.29, 0.717) is 16.8 Å². The van der Waals surface area contributed by atoms with Gasteiger partial charge in [-0.25, -0.2) is 0 Å². The van der Waals surface area contributed by atoms with Gasteiger partial charge in [-0.05, 0) is 42.0 Å². The van der Waals surface area contributed by atoms with Crippen molar-refractivity contribution in [2.75, 3.05) is 11.9 Å². The van der Waals surface area contributed by atoms with E-state index >= 15 is 0 Å². The highest BCUT2D eigenvalue weighted by Gasteiger charge is 2.32. The monoisotopic (exact) mass is 430 g/mol. The number of alkyl halides is 3. The summed E-state index contributed by atoms with van der Waals surface area (Å²) in [6, 6.07) is 14.5. The molecule has 1 heterocycles. The van der Waals surface area contributed by atoms with E-state index in [1.807, 2.05) is 0 Å². The highest BCUT2D eigenvalue weighted by Crippen LogP contribution is 2.32. The predicted molar refractivity (Wildman–Crippen MR) is 110 cm³/mol. The van der Waals surface area contributed by atoms with E-state index in [2.05, 4.69) is 10.6 Å². The molecule has 0 atom stereocenters. The quantitative estimate of drug-likeness (QED) is 0.561. The summed E-state index contributed by atoms with van der Waals surface area (Å²) in [5.41, 5.74) is -0.294. The maximum absolute atomic E-state index is 13.0. The van der Waals surface area contributed by atoms with E-state index in [-0.39, 0.29) is 12.3 Å². The number of nitrogens with one attached hydrogen (secondary N) is 2. The minimum Gasteiger partial charge on any atom is -0.459 e. The molecule has 2 amide bonds. The molecule has 0 aliphatic rings. The van der Waals surface area contributed by atoms with Crippen LogP contribution in [0.5, 0.6) is 0 Å². The minimum absolute atomic E-state index is 0.121. The number of amides is 2. The fourth-order valence-corrected chi connectivity index (χ4v) is 2.96. The smallest absolute Gasteiger partial charge is 0.416 e. The Labute approximate surface area is 177 Å². The van der Waals surface area contributed by atoms with Crippen molar-refractivity contribution in [2.45, 2.75) is 25.4 Å². The summed E-state index contributed by atoms with van der Waals surface area (Å²) in [5, 5.41) is 5.39. The first-order valence-electron chi connectivity index (χ1n) is 9.47. The molecule has 3 rings (SSSR count). The second-order valence-electron chi connectivity index (χ2n) is 7.66. The lowest BCUT2D eigenvalue weighted by Gasteiger charge is -2.26. The van der Waals surface area contributed by atoms with Crippen LogP contribution in [0, 0.1) is 0 Å². The average molecular weight is 430 g/mol. The normalized spacial score (nSPS) is 11.8. The van der Waals surface area contributed by atoms with Crippen LogP contribution in [-0.2, 0) is 11.6 Å². The summed E-state index contributed by atoms with van der Waals surface area (Å²) in [5.74, 6) is -0.722. The van der Waals surface area contributed by atoms with Crippen LogP contribution in [0.3, 0.4) is 0 Å². The van der Waals surface area contributed by atoms with E-state index in [0.717, 1.165) is 12.1 Å². The van der Waals surface area contributed by atoms with Crippen molar-refractivity contribution < 1.29 is 27.2 Å².